The fourth-order valence-electron chi connectivity index (χ4n) is 3.96. The molecule has 5 nitrogen and oxygen atoms in total. The van der Waals surface area contributed by atoms with Crippen molar-refractivity contribution in [1.82, 2.24) is 9.80 Å². The van der Waals surface area contributed by atoms with Crippen molar-refractivity contribution in [1.29, 1.82) is 0 Å². The Bertz CT molecular complexity index is 1180. The second kappa shape index (κ2) is 12.2. The zero-order valence-electron chi connectivity index (χ0n) is 19.4. The smallest absolute Gasteiger partial charge is 0.341 e. The summed E-state index contributed by atoms with van der Waals surface area (Å²) in [6.07, 6.45) is 0.748. The van der Waals surface area contributed by atoms with Crippen molar-refractivity contribution >= 4 is 62.8 Å². The molecule has 1 aliphatic heterocycles. The van der Waals surface area contributed by atoms with E-state index in [1.807, 2.05) is 43.3 Å². The molecule has 9 heteroatoms. The standard InChI is InChI=1S/C26H27Cl2N3O2S2/c1-2-33-25(32)22-16-21(14-18-6-4-3-5-7-18)35-24(22)29-26(34)31-12-10-30(11-13-31)17-19-8-9-20(27)15-23(19)28/h3-9,15-16H,2,10-14,17H2,1H3,(H,29,34). The topological polar surface area (TPSA) is 44.8 Å². The Balaban J connectivity index is 1.39. The van der Waals surface area contributed by atoms with Crippen LogP contribution in [0.1, 0.15) is 33.3 Å². The SMILES string of the molecule is CCOC(=O)c1cc(Cc2ccccc2)sc1NC(=S)N1CCN(Cc2ccc(Cl)cc2Cl)CC1. The molecule has 0 spiro atoms. The lowest BCUT2D eigenvalue weighted by atomic mass is 10.1. The van der Waals surface area contributed by atoms with Crippen molar-refractivity contribution in [3.05, 3.63) is 86.2 Å². The summed E-state index contributed by atoms with van der Waals surface area (Å²) in [6.45, 7) is 6.19. The molecule has 35 heavy (non-hydrogen) atoms. The van der Waals surface area contributed by atoms with Gasteiger partial charge in [0, 0.05) is 54.1 Å². The number of benzene rings is 2. The zero-order chi connectivity index (χ0) is 24.8. The molecule has 1 aliphatic rings. The van der Waals surface area contributed by atoms with Gasteiger partial charge in [0.2, 0.25) is 0 Å². The van der Waals surface area contributed by atoms with Crippen LogP contribution in [-0.2, 0) is 17.7 Å². The molecule has 0 radical (unpaired) electrons. The highest BCUT2D eigenvalue weighted by Crippen LogP contribution is 2.31. The molecule has 1 aromatic heterocycles. The summed E-state index contributed by atoms with van der Waals surface area (Å²) in [5.74, 6) is -0.335. The normalized spacial score (nSPS) is 14.1. The van der Waals surface area contributed by atoms with Gasteiger partial charge < -0.3 is 15.0 Å². The molecule has 0 saturated carbocycles. The van der Waals surface area contributed by atoms with Crippen LogP contribution >= 0.6 is 46.8 Å². The molecular formula is C26H27Cl2N3O2S2. The highest BCUT2D eigenvalue weighted by atomic mass is 35.5. The minimum atomic E-state index is -0.335. The number of ether oxygens (including phenoxy) is 1. The van der Waals surface area contributed by atoms with Gasteiger partial charge in [-0.25, -0.2) is 4.79 Å². The van der Waals surface area contributed by atoms with E-state index >= 15 is 0 Å². The number of thiocarbonyl (C=S) groups is 1. The number of anilines is 1. The summed E-state index contributed by atoms with van der Waals surface area (Å²) < 4.78 is 5.29. The third kappa shape index (κ3) is 6.96. The van der Waals surface area contributed by atoms with E-state index in [1.165, 1.54) is 5.56 Å². The summed E-state index contributed by atoms with van der Waals surface area (Å²) in [7, 11) is 0. The fraction of sp³-hybridized carbons (Fsp3) is 0.308. The van der Waals surface area contributed by atoms with Gasteiger partial charge in [0.15, 0.2) is 5.11 Å². The summed E-state index contributed by atoms with van der Waals surface area (Å²) in [5.41, 5.74) is 2.78. The quantitative estimate of drug-likeness (QED) is 0.275. The van der Waals surface area contributed by atoms with Gasteiger partial charge in [-0.1, -0.05) is 59.6 Å². The molecule has 0 bridgehead atoms. The number of piperazine rings is 1. The van der Waals surface area contributed by atoms with E-state index in [-0.39, 0.29) is 5.97 Å². The summed E-state index contributed by atoms with van der Waals surface area (Å²) in [4.78, 5) is 18.2. The fourth-order valence-corrected chi connectivity index (χ4v) is 5.85. The number of nitrogens with one attached hydrogen (secondary N) is 1. The van der Waals surface area contributed by atoms with Crippen molar-refractivity contribution in [3.8, 4) is 0 Å². The number of thiophene rings is 1. The van der Waals surface area contributed by atoms with E-state index in [1.54, 1.807) is 17.4 Å². The molecule has 0 amide bonds. The van der Waals surface area contributed by atoms with E-state index in [4.69, 9.17) is 40.2 Å². The molecule has 1 fully saturated rings. The van der Waals surface area contributed by atoms with E-state index < -0.39 is 0 Å². The van der Waals surface area contributed by atoms with Crippen molar-refractivity contribution in [2.75, 3.05) is 38.1 Å². The van der Waals surface area contributed by atoms with E-state index in [0.717, 1.165) is 54.6 Å². The lowest BCUT2D eigenvalue weighted by Gasteiger charge is -2.36. The maximum Gasteiger partial charge on any atom is 0.341 e. The van der Waals surface area contributed by atoms with E-state index in [0.29, 0.717) is 27.3 Å². The largest absolute Gasteiger partial charge is 0.462 e. The molecule has 2 heterocycles. The number of carbonyl (C=O) groups is 1. The van der Waals surface area contributed by atoms with Crippen LogP contribution in [0.2, 0.25) is 10.0 Å². The monoisotopic (exact) mass is 547 g/mol. The van der Waals surface area contributed by atoms with Crippen LogP contribution < -0.4 is 5.32 Å². The average Bonchev–Trinajstić information content (AvgIpc) is 3.24. The summed E-state index contributed by atoms with van der Waals surface area (Å²) in [6, 6.07) is 17.7. The predicted octanol–water partition coefficient (Wildman–Crippen LogP) is 6.34. The predicted molar refractivity (Wildman–Crippen MR) is 149 cm³/mol. The van der Waals surface area contributed by atoms with Crippen LogP contribution in [0.4, 0.5) is 5.00 Å². The number of esters is 1. The highest BCUT2D eigenvalue weighted by molar-refractivity contribution is 7.80. The Morgan fingerprint density at radius 2 is 1.83 bits per heavy atom. The second-order valence-corrected chi connectivity index (χ2v) is 10.6. The maximum absolute atomic E-state index is 12.6. The van der Waals surface area contributed by atoms with Crippen LogP contribution in [0.3, 0.4) is 0 Å². The molecule has 1 N–H and O–H groups in total. The van der Waals surface area contributed by atoms with Crippen LogP contribution in [0.25, 0.3) is 0 Å². The lowest BCUT2D eigenvalue weighted by Crippen LogP contribution is -2.49. The van der Waals surface area contributed by atoms with Gasteiger partial charge in [-0.3, -0.25) is 4.90 Å². The van der Waals surface area contributed by atoms with Crippen LogP contribution in [0.15, 0.2) is 54.6 Å². The van der Waals surface area contributed by atoms with E-state index in [2.05, 4.69) is 27.2 Å². The number of carbonyl (C=O) groups excluding carboxylic acids is 1. The molecular weight excluding hydrogens is 521 g/mol. The molecule has 0 aliphatic carbocycles. The molecule has 0 atom stereocenters. The van der Waals surface area contributed by atoms with Crippen molar-refractivity contribution in [2.24, 2.45) is 0 Å². The Morgan fingerprint density at radius 3 is 2.51 bits per heavy atom. The number of halogens is 2. The first-order valence-electron chi connectivity index (χ1n) is 11.5. The molecule has 4 rings (SSSR count). The third-order valence-electron chi connectivity index (χ3n) is 5.79. The molecule has 2 aromatic carbocycles. The zero-order valence-corrected chi connectivity index (χ0v) is 22.6. The maximum atomic E-state index is 12.6. The van der Waals surface area contributed by atoms with Gasteiger partial charge in [0.25, 0.3) is 0 Å². The first-order chi connectivity index (χ1) is 16.9. The second-order valence-electron chi connectivity index (χ2n) is 8.27. The van der Waals surface area contributed by atoms with E-state index in [9.17, 15) is 4.79 Å². The number of nitrogens with zero attached hydrogens (tertiary/aromatic N) is 2. The Labute approximate surface area is 225 Å². The van der Waals surface area contributed by atoms with Gasteiger partial charge in [-0.15, -0.1) is 11.3 Å². The average molecular weight is 549 g/mol. The van der Waals surface area contributed by atoms with Crippen molar-refractivity contribution in [3.63, 3.8) is 0 Å². The molecule has 1 saturated heterocycles. The first-order valence-corrected chi connectivity index (χ1v) is 13.5. The van der Waals surface area contributed by atoms with Gasteiger partial charge in [0.05, 0.1) is 12.2 Å². The van der Waals surface area contributed by atoms with Crippen molar-refractivity contribution < 1.29 is 9.53 Å². The van der Waals surface area contributed by atoms with Crippen LogP contribution in [0, 0.1) is 0 Å². The number of hydrogen-bond donors (Lipinski definition) is 1. The van der Waals surface area contributed by atoms with Gasteiger partial charge in [-0.05, 0) is 48.5 Å². The molecule has 3 aromatic rings. The molecule has 184 valence electrons. The number of rotatable bonds is 7. The van der Waals surface area contributed by atoms with Gasteiger partial charge in [0.1, 0.15) is 5.00 Å². The summed E-state index contributed by atoms with van der Waals surface area (Å²) >= 11 is 19.6. The van der Waals surface area contributed by atoms with Crippen molar-refractivity contribution in [2.45, 2.75) is 19.9 Å². The number of hydrogen-bond acceptors (Lipinski definition) is 5. The highest BCUT2D eigenvalue weighted by Gasteiger charge is 2.23. The third-order valence-corrected chi connectivity index (χ3v) is 7.79. The minimum absolute atomic E-state index is 0.326. The Hall–Kier alpha value is -2.16. The minimum Gasteiger partial charge on any atom is -0.462 e. The van der Waals surface area contributed by atoms with Crippen LogP contribution in [-0.4, -0.2) is 53.7 Å². The lowest BCUT2D eigenvalue weighted by molar-refractivity contribution is 0.0528. The molecule has 0 unspecified atom stereocenters. The summed E-state index contributed by atoms with van der Waals surface area (Å²) in [5, 5.41) is 6.00. The van der Waals surface area contributed by atoms with Gasteiger partial charge >= 0.3 is 5.97 Å². The van der Waals surface area contributed by atoms with Crippen LogP contribution in [0.5, 0.6) is 0 Å². The van der Waals surface area contributed by atoms with Gasteiger partial charge in [-0.2, -0.15) is 0 Å². The Kier molecular flexibility index (Phi) is 9.03. The Morgan fingerprint density at radius 1 is 1.09 bits per heavy atom. The first kappa shape index (κ1) is 25.9.